The van der Waals surface area contributed by atoms with Gasteiger partial charge in [-0.2, -0.15) is 4.98 Å². The van der Waals surface area contributed by atoms with Crippen LogP contribution in [0.15, 0.2) is 4.52 Å². The van der Waals surface area contributed by atoms with E-state index in [0.717, 1.165) is 37.6 Å². The second-order valence-corrected chi connectivity index (χ2v) is 6.03. The first kappa shape index (κ1) is 13.1. The smallest absolute Gasteiger partial charge is 0.240 e. The zero-order valence-electron chi connectivity index (χ0n) is 11.6. The Morgan fingerprint density at radius 1 is 1.37 bits per heavy atom. The maximum atomic E-state index is 9.60. The van der Waals surface area contributed by atoms with Gasteiger partial charge in [-0.3, -0.25) is 4.90 Å². The summed E-state index contributed by atoms with van der Waals surface area (Å²) in [5, 5.41) is 13.7. The van der Waals surface area contributed by atoms with Crippen LogP contribution in [0.1, 0.15) is 63.1 Å². The summed E-state index contributed by atoms with van der Waals surface area (Å²) in [5.74, 6) is 2.17. The second kappa shape index (κ2) is 5.59. The van der Waals surface area contributed by atoms with Crippen LogP contribution in [0.4, 0.5) is 0 Å². The summed E-state index contributed by atoms with van der Waals surface area (Å²) in [6.45, 7) is 3.67. The van der Waals surface area contributed by atoms with E-state index in [2.05, 4.69) is 15.0 Å². The van der Waals surface area contributed by atoms with Crippen LogP contribution in [0.5, 0.6) is 0 Å². The number of nitrogens with zero attached hydrogens (tertiary/aromatic N) is 3. The highest BCUT2D eigenvalue weighted by Gasteiger charge is 2.30. The van der Waals surface area contributed by atoms with E-state index >= 15 is 0 Å². The van der Waals surface area contributed by atoms with E-state index in [1.165, 1.54) is 25.7 Å². The highest BCUT2D eigenvalue weighted by molar-refractivity contribution is 5.03. The average Bonchev–Trinajstić information content (AvgIpc) is 3.12. The number of hydrogen-bond acceptors (Lipinski definition) is 5. The normalized spacial score (nSPS) is 26.5. The van der Waals surface area contributed by atoms with Crippen molar-refractivity contribution in [3.8, 4) is 0 Å². The van der Waals surface area contributed by atoms with Gasteiger partial charge in [0.15, 0.2) is 5.82 Å². The van der Waals surface area contributed by atoms with Crippen molar-refractivity contribution in [2.24, 2.45) is 0 Å². The Bertz CT molecular complexity index is 415. The maximum absolute atomic E-state index is 9.60. The molecule has 0 amide bonds. The van der Waals surface area contributed by atoms with Crippen molar-refractivity contribution in [1.29, 1.82) is 0 Å². The maximum Gasteiger partial charge on any atom is 0.240 e. The molecule has 106 valence electrons. The molecule has 2 heterocycles. The summed E-state index contributed by atoms with van der Waals surface area (Å²) >= 11 is 0. The van der Waals surface area contributed by atoms with Gasteiger partial charge in [-0.25, -0.2) is 0 Å². The molecule has 2 atom stereocenters. The Kier molecular flexibility index (Phi) is 3.84. The lowest BCUT2D eigenvalue weighted by Crippen LogP contribution is -2.40. The van der Waals surface area contributed by atoms with Crippen LogP contribution in [0, 0.1) is 0 Å². The third kappa shape index (κ3) is 3.34. The molecule has 2 fully saturated rings. The van der Waals surface area contributed by atoms with Crippen LogP contribution in [0.2, 0.25) is 0 Å². The van der Waals surface area contributed by atoms with E-state index in [9.17, 15) is 5.11 Å². The molecule has 0 spiro atoms. The minimum atomic E-state index is -0.240. The molecule has 1 aliphatic carbocycles. The van der Waals surface area contributed by atoms with E-state index in [1.807, 2.05) is 6.92 Å². The van der Waals surface area contributed by atoms with Crippen LogP contribution in [-0.2, 0) is 6.54 Å². The van der Waals surface area contributed by atoms with Crippen molar-refractivity contribution in [3.05, 3.63) is 11.7 Å². The molecule has 3 rings (SSSR count). The van der Waals surface area contributed by atoms with Gasteiger partial charge in [0.05, 0.1) is 12.6 Å². The Labute approximate surface area is 114 Å². The topological polar surface area (TPSA) is 62.4 Å². The van der Waals surface area contributed by atoms with Gasteiger partial charge in [-0.05, 0) is 45.6 Å². The average molecular weight is 265 g/mol. The summed E-state index contributed by atoms with van der Waals surface area (Å²) < 4.78 is 5.36. The number of rotatable bonds is 5. The van der Waals surface area contributed by atoms with Gasteiger partial charge in [-0.1, -0.05) is 11.6 Å². The van der Waals surface area contributed by atoms with Crippen molar-refractivity contribution in [1.82, 2.24) is 15.0 Å². The molecule has 0 radical (unpaired) electrons. The summed E-state index contributed by atoms with van der Waals surface area (Å²) in [7, 11) is 0. The van der Waals surface area contributed by atoms with E-state index in [0.29, 0.717) is 12.0 Å². The van der Waals surface area contributed by atoms with Gasteiger partial charge in [0.1, 0.15) is 0 Å². The first-order valence-electron chi connectivity index (χ1n) is 7.47. The molecule has 1 aromatic rings. The fourth-order valence-electron chi connectivity index (χ4n) is 2.94. The van der Waals surface area contributed by atoms with Gasteiger partial charge < -0.3 is 9.63 Å². The molecule has 5 heteroatoms. The van der Waals surface area contributed by atoms with Crippen molar-refractivity contribution >= 4 is 0 Å². The van der Waals surface area contributed by atoms with E-state index in [1.54, 1.807) is 0 Å². The third-order valence-corrected chi connectivity index (χ3v) is 4.13. The number of hydrogen-bond donors (Lipinski definition) is 1. The Hall–Kier alpha value is -0.940. The number of aliphatic hydroxyl groups excluding tert-OH is 1. The largest absolute Gasteiger partial charge is 0.393 e. The summed E-state index contributed by atoms with van der Waals surface area (Å²) in [6.07, 6.45) is 6.64. The molecule has 1 N–H and O–H groups in total. The molecule has 0 bridgehead atoms. The standard InChI is InChI=1S/C14H23N3O2/c1-10(18)8-12-4-2-3-7-17(12)9-13-15-14(16-19-13)11-5-6-11/h10-12,18H,2-9H2,1H3. The van der Waals surface area contributed by atoms with Crippen molar-refractivity contribution in [2.45, 2.75) is 70.1 Å². The summed E-state index contributed by atoms with van der Waals surface area (Å²) in [6, 6.07) is 0.449. The molecule has 1 saturated carbocycles. The monoisotopic (exact) mass is 265 g/mol. The zero-order valence-corrected chi connectivity index (χ0v) is 11.6. The van der Waals surface area contributed by atoms with Crippen molar-refractivity contribution < 1.29 is 9.63 Å². The SMILES string of the molecule is CC(O)CC1CCCCN1Cc1nc(C2CC2)no1. The van der Waals surface area contributed by atoms with Crippen LogP contribution in [-0.4, -0.2) is 38.8 Å². The molecule has 19 heavy (non-hydrogen) atoms. The number of aliphatic hydroxyl groups is 1. The predicted octanol–water partition coefficient (Wildman–Crippen LogP) is 2.07. The summed E-state index contributed by atoms with van der Waals surface area (Å²) in [5.41, 5.74) is 0. The predicted molar refractivity (Wildman–Crippen MR) is 70.6 cm³/mol. The molecule has 2 unspecified atom stereocenters. The van der Waals surface area contributed by atoms with Gasteiger partial charge >= 0.3 is 0 Å². The third-order valence-electron chi connectivity index (χ3n) is 4.13. The van der Waals surface area contributed by atoms with Crippen molar-refractivity contribution in [2.75, 3.05) is 6.54 Å². The van der Waals surface area contributed by atoms with Gasteiger partial charge in [0, 0.05) is 12.0 Å². The van der Waals surface area contributed by atoms with Crippen LogP contribution < -0.4 is 0 Å². The molecule has 1 aliphatic heterocycles. The van der Waals surface area contributed by atoms with Crippen LogP contribution in [0.25, 0.3) is 0 Å². The van der Waals surface area contributed by atoms with Gasteiger partial charge in [0.2, 0.25) is 5.89 Å². The lowest BCUT2D eigenvalue weighted by atomic mass is 9.97. The minimum Gasteiger partial charge on any atom is -0.393 e. The number of aromatic nitrogens is 2. The van der Waals surface area contributed by atoms with Gasteiger partial charge in [0.25, 0.3) is 0 Å². The molecular weight excluding hydrogens is 242 g/mol. The zero-order chi connectivity index (χ0) is 13.2. The lowest BCUT2D eigenvalue weighted by molar-refractivity contribution is 0.0739. The Balaban J connectivity index is 1.61. The quantitative estimate of drug-likeness (QED) is 0.883. The van der Waals surface area contributed by atoms with Crippen molar-refractivity contribution in [3.63, 3.8) is 0 Å². The first-order valence-corrected chi connectivity index (χ1v) is 7.47. The highest BCUT2D eigenvalue weighted by atomic mass is 16.5. The lowest BCUT2D eigenvalue weighted by Gasteiger charge is -2.35. The van der Waals surface area contributed by atoms with E-state index in [4.69, 9.17) is 4.52 Å². The molecule has 2 aliphatic rings. The van der Waals surface area contributed by atoms with E-state index < -0.39 is 0 Å². The Morgan fingerprint density at radius 3 is 2.95 bits per heavy atom. The number of likely N-dealkylation sites (tertiary alicyclic amines) is 1. The fraction of sp³-hybridized carbons (Fsp3) is 0.857. The first-order chi connectivity index (χ1) is 9.22. The van der Waals surface area contributed by atoms with Crippen LogP contribution in [0.3, 0.4) is 0 Å². The molecule has 5 nitrogen and oxygen atoms in total. The molecule has 1 saturated heterocycles. The molecule has 1 aromatic heterocycles. The van der Waals surface area contributed by atoms with E-state index in [-0.39, 0.29) is 6.10 Å². The molecule has 0 aromatic carbocycles. The molecular formula is C14H23N3O2. The Morgan fingerprint density at radius 2 is 2.21 bits per heavy atom. The summed E-state index contributed by atoms with van der Waals surface area (Å²) in [4.78, 5) is 6.89. The second-order valence-electron chi connectivity index (χ2n) is 6.03. The van der Waals surface area contributed by atoms with Gasteiger partial charge in [-0.15, -0.1) is 0 Å². The fourth-order valence-corrected chi connectivity index (χ4v) is 2.94. The minimum absolute atomic E-state index is 0.240. The van der Waals surface area contributed by atoms with Crippen LogP contribution >= 0.6 is 0 Å². The highest BCUT2D eigenvalue weighted by Crippen LogP contribution is 2.38. The number of piperidine rings is 1.